The van der Waals surface area contributed by atoms with E-state index >= 15 is 0 Å². The minimum atomic E-state index is 0.207. The van der Waals surface area contributed by atoms with Crippen molar-refractivity contribution < 1.29 is 0 Å². The van der Waals surface area contributed by atoms with E-state index in [0.717, 1.165) is 10.9 Å². The standard InChI is InChI=1S/C7H10N4S/c8-6(9)2-5-12-7-10-3-1-4-11-7/h1,3-4H,2,5H2,(H3,8,9). The van der Waals surface area contributed by atoms with Crippen LogP contribution in [0.5, 0.6) is 0 Å². The normalized spacial score (nSPS) is 9.67. The van der Waals surface area contributed by atoms with Crippen molar-refractivity contribution in [1.29, 1.82) is 5.41 Å². The van der Waals surface area contributed by atoms with Gasteiger partial charge in [0.15, 0.2) is 5.16 Å². The Kier molecular flexibility index (Phi) is 3.53. The molecule has 0 fully saturated rings. The first-order valence-corrected chi connectivity index (χ1v) is 4.50. The number of nitrogens with zero attached hydrogens (tertiary/aromatic N) is 2. The molecule has 0 saturated heterocycles. The quantitative estimate of drug-likeness (QED) is 0.314. The number of rotatable bonds is 4. The summed E-state index contributed by atoms with van der Waals surface area (Å²) in [6.45, 7) is 0. The van der Waals surface area contributed by atoms with E-state index in [1.165, 1.54) is 11.8 Å². The molecular weight excluding hydrogens is 172 g/mol. The topological polar surface area (TPSA) is 75.7 Å². The van der Waals surface area contributed by atoms with Crippen LogP contribution in [0.25, 0.3) is 0 Å². The van der Waals surface area contributed by atoms with Gasteiger partial charge in [-0.05, 0) is 6.07 Å². The van der Waals surface area contributed by atoms with Gasteiger partial charge in [0, 0.05) is 24.6 Å². The molecule has 3 N–H and O–H groups in total. The molecule has 0 amide bonds. The van der Waals surface area contributed by atoms with Gasteiger partial charge in [-0.25, -0.2) is 9.97 Å². The van der Waals surface area contributed by atoms with Crippen molar-refractivity contribution in [3.63, 3.8) is 0 Å². The number of hydrogen-bond donors (Lipinski definition) is 2. The van der Waals surface area contributed by atoms with Crippen LogP contribution in [0, 0.1) is 5.41 Å². The highest BCUT2D eigenvalue weighted by atomic mass is 32.2. The molecule has 0 aromatic carbocycles. The van der Waals surface area contributed by atoms with Gasteiger partial charge in [0.2, 0.25) is 0 Å². The Morgan fingerprint density at radius 1 is 1.50 bits per heavy atom. The van der Waals surface area contributed by atoms with E-state index in [1.807, 2.05) is 0 Å². The van der Waals surface area contributed by atoms with Crippen molar-refractivity contribution in [1.82, 2.24) is 9.97 Å². The lowest BCUT2D eigenvalue weighted by molar-refractivity contribution is 0.966. The van der Waals surface area contributed by atoms with Gasteiger partial charge in [-0.2, -0.15) is 0 Å². The molecular formula is C7H10N4S. The zero-order valence-corrected chi connectivity index (χ0v) is 7.34. The minimum Gasteiger partial charge on any atom is -0.388 e. The maximum absolute atomic E-state index is 6.98. The summed E-state index contributed by atoms with van der Waals surface area (Å²) in [6.07, 6.45) is 3.98. The first-order valence-electron chi connectivity index (χ1n) is 3.52. The Labute approximate surface area is 75.1 Å². The van der Waals surface area contributed by atoms with E-state index < -0.39 is 0 Å². The highest BCUT2D eigenvalue weighted by molar-refractivity contribution is 7.99. The van der Waals surface area contributed by atoms with Crippen molar-refractivity contribution in [2.45, 2.75) is 11.6 Å². The van der Waals surface area contributed by atoms with Crippen LogP contribution in [0.1, 0.15) is 6.42 Å². The summed E-state index contributed by atoms with van der Waals surface area (Å²) in [5, 5.41) is 7.72. The van der Waals surface area contributed by atoms with Gasteiger partial charge in [-0.1, -0.05) is 11.8 Å². The highest BCUT2D eigenvalue weighted by Crippen LogP contribution is 2.11. The average molecular weight is 182 g/mol. The number of hydrogen-bond acceptors (Lipinski definition) is 4. The van der Waals surface area contributed by atoms with Crippen LogP contribution in [0.3, 0.4) is 0 Å². The molecule has 0 unspecified atom stereocenters. The van der Waals surface area contributed by atoms with Crippen LogP contribution in [0.2, 0.25) is 0 Å². The van der Waals surface area contributed by atoms with Crippen LogP contribution in [0.15, 0.2) is 23.6 Å². The number of nitrogens with one attached hydrogen (secondary N) is 1. The summed E-state index contributed by atoms with van der Waals surface area (Å²) in [5.74, 6) is 0.970. The van der Waals surface area contributed by atoms with Crippen LogP contribution in [-0.2, 0) is 0 Å². The summed E-state index contributed by atoms with van der Waals surface area (Å²) >= 11 is 1.51. The van der Waals surface area contributed by atoms with Gasteiger partial charge >= 0.3 is 0 Å². The molecule has 1 aromatic rings. The third-order valence-electron chi connectivity index (χ3n) is 1.14. The second kappa shape index (κ2) is 4.71. The third kappa shape index (κ3) is 3.34. The second-order valence-electron chi connectivity index (χ2n) is 2.16. The predicted octanol–water partition coefficient (Wildman–Crippen LogP) is 0.895. The van der Waals surface area contributed by atoms with Crippen molar-refractivity contribution >= 4 is 17.6 Å². The number of aromatic nitrogens is 2. The first kappa shape index (κ1) is 8.99. The minimum absolute atomic E-state index is 0.207. The van der Waals surface area contributed by atoms with Crippen molar-refractivity contribution in [2.75, 3.05) is 5.75 Å². The zero-order valence-electron chi connectivity index (χ0n) is 6.53. The summed E-state index contributed by atoms with van der Waals surface area (Å²) in [7, 11) is 0. The predicted molar refractivity (Wildman–Crippen MR) is 49.3 cm³/mol. The molecule has 1 aromatic heterocycles. The molecule has 0 aliphatic carbocycles. The highest BCUT2D eigenvalue weighted by Gasteiger charge is 1.95. The molecule has 4 nitrogen and oxygen atoms in total. The molecule has 12 heavy (non-hydrogen) atoms. The third-order valence-corrected chi connectivity index (χ3v) is 2.02. The van der Waals surface area contributed by atoms with Gasteiger partial charge < -0.3 is 5.73 Å². The van der Waals surface area contributed by atoms with Crippen molar-refractivity contribution in [3.05, 3.63) is 18.5 Å². The summed E-state index contributed by atoms with van der Waals surface area (Å²) < 4.78 is 0. The fourth-order valence-electron chi connectivity index (χ4n) is 0.612. The lowest BCUT2D eigenvalue weighted by Gasteiger charge is -1.97. The van der Waals surface area contributed by atoms with Gasteiger partial charge in [0.1, 0.15) is 0 Å². The number of thioether (sulfide) groups is 1. The Bertz CT molecular complexity index is 249. The maximum Gasteiger partial charge on any atom is 0.187 e. The van der Waals surface area contributed by atoms with E-state index in [2.05, 4.69) is 9.97 Å². The molecule has 0 radical (unpaired) electrons. The molecule has 0 bridgehead atoms. The van der Waals surface area contributed by atoms with E-state index in [9.17, 15) is 0 Å². The molecule has 64 valence electrons. The number of nitrogens with two attached hydrogens (primary N) is 1. The van der Waals surface area contributed by atoms with Crippen LogP contribution in [0.4, 0.5) is 0 Å². The molecule has 5 heteroatoms. The van der Waals surface area contributed by atoms with Crippen LogP contribution < -0.4 is 5.73 Å². The summed E-state index contributed by atoms with van der Waals surface area (Å²) in [5.41, 5.74) is 5.19. The summed E-state index contributed by atoms with van der Waals surface area (Å²) in [4.78, 5) is 8.03. The fourth-order valence-corrected chi connectivity index (χ4v) is 1.39. The Morgan fingerprint density at radius 2 is 2.17 bits per heavy atom. The lowest BCUT2D eigenvalue weighted by atomic mass is 10.5. The zero-order chi connectivity index (χ0) is 8.81. The molecule has 0 spiro atoms. The van der Waals surface area contributed by atoms with Crippen LogP contribution in [-0.4, -0.2) is 21.6 Å². The molecule has 0 saturated carbocycles. The Balaban J connectivity index is 2.29. The van der Waals surface area contributed by atoms with Crippen molar-refractivity contribution in [2.24, 2.45) is 5.73 Å². The first-order chi connectivity index (χ1) is 5.79. The molecule has 1 rings (SSSR count). The molecule has 0 aliphatic rings. The van der Waals surface area contributed by atoms with Gasteiger partial charge in [-0.3, -0.25) is 5.41 Å². The summed E-state index contributed by atoms with van der Waals surface area (Å²) in [6, 6.07) is 1.77. The van der Waals surface area contributed by atoms with E-state index in [1.54, 1.807) is 18.5 Å². The maximum atomic E-state index is 6.98. The molecule has 0 atom stereocenters. The monoisotopic (exact) mass is 182 g/mol. The average Bonchev–Trinajstić information content (AvgIpc) is 2.05. The molecule has 1 heterocycles. The van der Waals surface area contributed by atoms with E-state index in [0.29, 0.717) is 6.42 Å². The largest absolute Gasteiger partial charge is 0.388 e. The Morgan fingerprint density at radius 3 is 2.75 bits per heavy atom. The SMILES string of the molecule is N=C(N)CCSc1ncccn1. The van der Waals surface area contributed by atoms with E-state index in [4.69, 9.17) is 11.1 Å². The second-order valence-corrected chi connectivity index (χ2v) is 3.22. The number of amidine groups is 1. The van der Waals surface area contributed by atoms with Crippen LogP contribution >= 0.6 is 11.8 Å². The van der Waals surface area contributed by atoms with Gasteiger partial charge in [-0.15, -0.1) is 0 Å². The molecule has 0 aliphatic heterocycles. The Hall–Kier alpha value is -1.10. The van der Waals surface area contributed by atoms with Gasteiger partial charge in [0.05, 0.1) is 5.84 Å². The van der Waals surface area contributed by atoms with Gasteiger partial charge in [0.25, 0.3) is 0 Å². The van der Waals surface area contributed by atoms with E-state index in [-0.39, 0.29) is 5.84 Å². The smallest absolute Gasteiger partial charge is 0.187 e. The fraction of sp³-hybridized carbons (Fsp3) is 0.286. The lowest BCUT2D eigenvalue weighted by Crippen LogP contribution is -2.09. The van der Waals surface area contributed by atoms with Crippen molar-refractivity contribution in [3.8, 4) is 0 Å².